The van der Waals surface area contributed by atoms with Gasteiger partial charge in [-0.3, -0.25) is 9.69 Å². The zero-order valence-corrected chi connectivity index (χ0v) is 16.1. The minimum Gasteiger partial charge on any atom is -0.496 e. The van der Waals surface area contributed by atoms with E-state index in [0.29, 0.717) is 12.6 Å². The summed E-state index contributed by atoms with van der Waals surface area (Å²) in [5.74, 6) is 1.17. The number of carbonyl (C=O) groups excluding carboxylic acids is 1. The van der Waals surface area contributed by atoms with Gasteiger partial charge in [0.05, 0.1) is 19.7 Å². The minimum atomic E-state index is 0.266. The van der Waals surface area contributed by atoms with E-state index < -0.39 is 0 Å². The lowest BCUT2D eigenvalue weighted by molar-refractivity contribution is -0.133. The van der Waals surface area contributed by atoms with Gasteiger partial charge in [0.1, 0.15) is 5.75 Å². The standard InChI is InChI=1S/C21H26N2O2S/c1-25-19-8-3-2-6-16(19)14-22(17-10-11-17)15-21(24)23-12-4-7-18(23)20-9-5-13-26-20/h2-3,5-6,8-9,13,17-18H,4,7,10-12,14-15H2,1H3. The molecule has 138 valence electrons. The highest BCUT2D eigenvalue weighted by Crippen LogP contribution is 2.35. The minimum absolute atomic E-state index is 0.266. The Kier molecular flexibility index (Phi) is 5.27. The van der Waals surface area contributed by atoms with Gasteiger partial charge in [-0.2, -0.15) is 0 Å². The third-order valence-electron chi connectivity index (χ3n) is 5.41. The van der Waals surface area contributed by atoms with Crippen molar-refractivity contribution in [3.05, 3.63) is 52.2 Å². The van der Waals surface area contributed by atoms with E-state index in [-0.39, 0.29) is 11.9 Å². The largest absolute Gasteiger partial charge is 0.496 e. The van der Waals surface area contributed by atoms with E-state index in [4.69, 9.17) is 4.74 Å². The molecular weight excluding hydrogens is 344 g/mol. The van der Waals surface area contributed by atoms with Gasteiger partial charge < -0.3 is 9.64 Å². The third-order valence-corrected chi connectivity index (χ3v) is 6.39. The predicted molar refractivity (Wildman–Crippen MR) is 104 cm³/mol. The van der Waals surface area contributed by atoms with Gasteiger partial charge in [0.2, 0.25) is 5.91 Å². The van der Waals surface area contributed by atoms with Crippen molar-refractivity contribution in [1.82, 2.24) is 9.80 Å². The molecule has 4 rings (SSSR count). The summed E-state index contributed by atoms with van der Waals surface area (Å²) in [6.07, 6.45) is 4.57. The topological polar surface area (TPSA) is 32.8 Å². The van der Waals surface area contributed by atoms with Crippen LogP contribution < -0.4 is 4.74 Å². The average molecular weight is 371 g/mol. The molecule has 2 fully saturated rings. The van der Waals surface area contributed by atoms with Crippen LogP contribution in [0.4, 0.5) is 0 Å². The second kappa shape index (κ2) is 7.80. The van der Waals surface area contributed by atoms with Crippen LogP contribution >= 0.6 is 11.3 Å². The van der Waals surface area contributed by atoms with Crippen LogP contribution in [-0.2, 0) is 11.3 Å². The van der Waals surface area contributed by atoms with Gasteiger partial charge in [-0.05, 0) is 43.2 Å². The second-order valence-corrected chi connectivity index (χ2v) is 8.19. The zero-order valence-electron chi connectivity index (χ0n) is 15.3. The fourth-order valence-corrected chi connectivity index (χ4v) is 4.79. The average Bonchev–Trinajstić information content (AvgIpc) is 3.16. The quantitative estimate of drug-likeness (QED) is 0.736. The number of hydrogen-bond acceptors (Lipinski definition) is 4. The molecular formula is C21H26N2O2S. The summed E-state index contributed by atoms with van der Waals surface area (Å²) in [6.45, 7) is 2.16. The molecule has 1 aliphatic heterocycles. The first kappa shape index (κ1) is 17.6. The molecule has 0 bridgehead atoms. The van der Waals surface area contributed by atoms with E-state index in [1.165, 1.54) is 17.7 Å². The first-order valence-electron chi connectivity index (χ1n) is 9.45. The zero-order chi connectivity index (χ0) is 17.9. The summed E-state index contributed by atoms with van der Waals surface area (Å²) in [7, 11) is 1.71. The molecule has 4 nitrogen and oxygen atoms in total. The van der Waals surface area contributed by atoms with Crippen LogP contribution in [0.1, 0.15) is 42.2 Å². The monoisotopic (exact) mass is 370 g/mol. The lowest BCUT2D eigenvalue weighted by Gasteiger charge is -2.28. The van der Waals surface area contributed by atoms with Gasteiger partial charge in [-0.25, -0.2) is 0 Å². The van der Waals surface area contributed by atoms with Gasteiger partial charge in [0.25, 0.3) is 0 Å². The number of carbonyl (C=O) groups is 1. The smallest absolute Gasteiger partial charge is 0.237 e. The number of rotatable bonds is 7. The maximum atomic E-state index is 13.1. The highest BCUT2D eigenvalue weighted by molar-refractivity contribution is 7.10. The lowest BCUT2D eigenvalue weighted by atomic mass is 10.1. The summed E-state index contributed by atoms with van der Waals surface area (Å²) in [5, 5.41) is 2.11. The number of hydrogen-bond donors (Lipinski definition) is 0. The Morgan fingerprint density at radius 3 is 2.81 bits per heavy atom. The number of nitrogens with zero attached hydrogens (tertiary/aromatic N) is 2. The van der Waals surface area contributed by atoms with E-state index in [1.807, 2.05) is 18.2 Å². The molecule has 0 radical (unpaired) electrons. The lowest BCUT2D eigenvalue weighted by Crippen LogP contribution is -2.40. The molecule has 0 spiro atoms. The van der Waals surface area contributed by atoms with Crippen LogP contribution in [0, 0.1) is 0 Å². The first-order valence-corrected chi connectivity index (χ1v) is 10.3. The van der Waals surface area contributed by atoms with Gasteiger partial charge in [0, 0.05) is 29.6 Å². The summed E-state index contributed by atoms with van der Waals surface area (Å²) >= 11 is 1.76. The molecule has 1 aromatic heterocycles. The van der Waals surface area contributed by atoms with Crippen LogP contribution in [0.25, 0.3) is 0 Å². The van der Waals surface area contributed by atoms with Crippen molar-refractivity contribution in [3.63, 3.8) is 0 Å². The van der Waals surface area contributed by atoms with Crippen LogP contribution in [0.15, 0.2) is 41.8 Å². The molecule has 1 amide bonds. The van der Waals surface area contributed by atoms with E-state index >= 15 is 0 Å². The molecule has 1 aromatic carbocycles. The molecule has 2 heterocycles. The maximum absolute atomic E-state index is 13.1. The molecule has 1 aliphatic carbocycles. The Morgan fingerprint density at radius 1 is 1.23 bits per heavy atom. The van der Waals surface area contributed by atoms with Crippen molar-refractivity contribution in [3.8, 4) is 5.75 Å². The molecule has 5 heteroatoms. The van der Waals surface area contributed by atoms with Gasteiger partial charge >= 0.3 is 0 Å². The normalized spacial score (nSPS) is 19.9. The maximum Gasteiger partial charge on any atom is 0.237 e. The Hall–Kier alpha value is -1.85. The molecule has 1 saturated heterocycles. The second-order valence-electron chi connectivity index (χ2n) is 7.21. The van der Waals surface area contributed by atoms with Gasteiger partial charge in [-0.15, -0.1) is 11.3 Å². The summed E-state index contributed by atoms with van der Waals surface area (Å²) in [6, 6.07) is 13.2. The first-order chi connectivity index (χ1) is 12.8. The SMILES string of the molecule is COc1ccccc1CN(CC(=O)N1CCCC1c1cccs1)C1CC1. The number of likely N-dealkylation sites (tertiary alicyclic amines) is 1. The summed E-state index contributed by atoms with van der Waals surface area (Å²) in [5.41, 5.74) is 1.16. The van der Waals surface area contributed by atoms with Crippen molar-refractivity contribution < 1.29 is 9.53 Å². The Morgan fingerprint density at radius 2 is 2.08 bits per heavy atom. The van der Waals surface area contributed by atoms with Crippen LogP contribution in [0.5, 0.6) is 5.75 Å². The van der Waals surface area contributed by atoms with Crippen molar-refractivity contribution in [2.24, 2.45) is 0 Å². The molecule has 2 aliphatic rings. The Balaban J connectivity index is 1.46. The molecule has 1 saturated carbocycles. The Bertz CT molecular complexity index is 742. The van der Waals surface area contributed by atoms with Crippen molar-refractivity contribution in [2.75, 3.05) is 20.2 Å². The van der Waals surface area contributed by atoms with E-state index in [1.54, 1.807) is 18.4 Å². The highest BCUT2D eigenvalue weighted by Gasteiger charge is 2.35. The molecule has 0 N–H and O–H groups in total. The number of benzene rings is 1. The van der Waals surface area contributed by atoms with Crippen LogP contribution in [0.2, 0.25) is 0 Å². The fraction of sp³-hybridized carbons (Fsp3) is 0.476. The predicted octanol–water partition coefficient (Wildman–Crippen LogP) is 4.08. The van der Waals surface area contributed by atoms with Crippen LogP contribution in [0.3, 0.4) is 0 Å². The summed E-state index contributed by atoms with van der Waals surface area (Å²) < 4.78 is 5.50. The van der Waals surface area contributed by atoms with Gasteiger partial charge in [-0.1, -0.05) is 24.3 Å². The number of para-hydroxylation sites is 1. The number of methoxy groups -OCH3 is 1. The van der Waals surface area contributed by atoms with Crippen LogP contribution in [-0.4, -0.2) is 41.9 Å². The third kappa shape index (κ3) is 3.79. The van der Waals surface area contributed by atoms with E-state index in [2.05, 4.69) is 33.4 Å². The van der Waals surface area contributed by atoms with Crippen molar-refractivity contribution in [2.45, 2.75) is 44.3 Å². The number of amides is 1. The van der Waals surface area contributed by atoms with Crippen molar-refractivity contribution in [1.29, 1.82) is 0 Å². The number of ether oxygens (including phenoxy) is 1. The van der Waals surface area contributed by atoms with E-state index in [0.717, 1.165) is 37.2 Å². The van der Waals surface area contributed by atoms with Gasteiger partial charge in [0.15, 0.2) is 0 Å². The molecule has 26 heavy (non-hydrogen) atoms. The van der Waals surface area contributed by atoms with E-state index in [9.17, 15) is 4.79 Å². The molecule has 1 atom stereocenters. The molecule has 1 unspecified atom stereocenters. The fourth-order valence-electron chi connectivity index (χ4n) is 3.91. The highest BCUT2D eigenvalue weighted by atomic mass is 32.1. The van der Waals surface area contributed by atoms with Crippen molar-refractivity contribution >= 4 is 17.2 Å². The number of thiophene rings is 1. The summed E-state index contributed by atoms with van der Waals surface area (Å²) in [4.78, 5) is 18.9. The Labute approximate surface area is 159 Å². The molecule has 2 aromatic rings.